The van der Waals surface area contributed by atoms with Crippen molar-refractivity contribution in [2.45, 2.75) is 40.5 Å². The Morgan fingerprint density at radius 2 is 1.70 bits per heavy atom. The number of rotatable bonds is 3. The van der Waals surface area contributed by atoms with E-state index in [1.165, 1.54) is 0 Å². The van der Waals surface area contributed by atoms with Gasteiger partial charge in [0, 0.05) is 6.54 Å². The Hall–Kier alpha value is -0.110. The van der Waals surface area contributed by atoms with Crippen molar-refractivity contribution >= 4 is 0 Å². The average Bonchev–Trinajstić information content (AvgIpc) is 1.82. The molecule has 0 saturated heterocycles. The lowest BCUT2D eigenvalue weighted by Crippen LogP contribution is -2.00. The van der Waals surface area contributed by atoms with Crippen LogP contribution in [0.3, 0.4) is 0 Å². The Kier molecular flexibility index (Phi) is 14.6. The zero-order valence-corrected chi connectivity index (χ0v) is 7.58. The first-order valence-corrected chi connectivity index (χ1v) is 3.98. The quantitative estimate of drug-likeness (QED) is 0.480. The first kappa shape index (κ1) is 12.6. The van der Waals surface area contributed by atoms with Crippen LogP contribution in [0.4, 0.5) is 4.48 Å². The van der Waals surface area contributed by atoms with Crippen molar-refractivity contribution in [3.63, 3.8) is 0 Å². The van der Waals surface area contributed by atoms with Crippen LogP contribution in [0.25, 0.3) is 0 Å². The Labute approximate surface area is 64.0 Å². The van der Waals surface area contributed by atoms with Crippen molar-refractivity contribution in [3.05, 3.63) is 0 Å². The summed E-state index contributed by atoms with van der Waals surface area (Å²) in [6, 6.07) is 0. The molecule has 0 radical (unpaired) electrons. The van der Waals surface area contributed by atoms with Crippen LogP contribution in [0.5, 0.6) is 0 Å². The monoisotopic (exact) mass is 149 g/mol. The van der Waals surface area contributed by atoms with Gasteiger partial charge in [0.05, 0.1) is 0 Å². The van der Waals surface area contributed by atoms with E-state index in [1.807, 2.05) is 6.92 Å². The van der Waals surface area contributed by atoms with Gasteiger partial charge in [0.25, 0.3) is 0 Å². The standard InChI is InChI=1S/C4H10FN.C4H10/c1-2-3-4-6-5;1-4(2)3/h6H,2-4H2,1H3;4H,1-3H3. The van der Waals surface area contributed by atoms with Gasteiger partial charge in [-0.05, 0) is 12.3 Å². The fraction of sp³-hybridized carbons (Fsp3) is 1.00. The Bertz CT molecular complexity index is 39.8. The van der Waals surface area contributed by atoms with E-state index in [1.54, 1.807) is 5.54 Å². The highest BCUT2D eigenvalue weighted by molar-refractivity contribution is 4.31. The molecule has 0 aromatic heterocycles. The normalized spacial score (nSPS) is 9.00. The molecule has 0 unspecified atom stereocenters. The van der Waals surface area contributed by atoms with E-state index in [-0.39, 0.29) is 0 Å². The van der Waals surface area contributed by atoms with E-state index in [4.69, 9.17) is 0 Å². The maximum atomic E-state index is 10.9. The molecule has 0 spiro atoms. The lowest BCUT2D eigenvalue weighted by atomic mass is 10.3. The highest BCUT2D eigenvalue weighted by Gasteiger charge is 1.76. The van der Waals surface area contributed by atoms with Gasteiger partial charge in [0.15, 0.2) is 0 Å². The third-order valence-corrected chi connectivity index (χ3v) is 0.625. The molecule has 0 fully saturated rings. The number of nitrogens with one attached hydrogen (secondary N) is 1. The summed E-state index contributed by atoms with van der Waals surface area (Å²) in [6.07, 6.45) is 1.98. The molecule has 0 aromatic carbocycles. The van der Waals surface area contributed by atoms with E-state index < -0.39 is 0 Å². The molecule has 0 saturated carbocycles. The van der Waals surface area contributed by atoms with Gasteiger partial charge in [0.2, 0.25) is 0 Å². The molecule has 1 nitrogen and oxygen atoms in total. The third kappa shape index (κ3) is 44.8. The fourth-order valence-electron chi connectivity index (χ4n) is 0.244. The summed E-state index contributed by atoms with van der Waals surface area (Å²) >= 11 is 0. The molecule has 0 rings (SSSR count). The van der Waals surface area contributed by atoms with E-state index in [2.05, 4.69) is 20.8 Å². The van der Waals surface area contributed by atoms with Gasteiger partial charge in [-0.2, -0.15) is 5.54 Å². The van der Waals surface area contributed by atoms with Crippen molar-refractivity contribution in [1.82, 2.24) is 5.54 Å². The van der Waals surface area contributed by atoms with Crippen LogP contribution in [-0.4, -0.2) is 6.54 Å². The Balaban J connectivity index is 0. The first-order valence-electron chi connectivity index (χ1n) is 3.98. The average molecular weight is 149 g/mol. The molecule has 0 aliphatic rings. The van der Waals surface area contributed by atoms with Crippen LogP contribution in [0.1, 0.15) is 40.5 Å². The molecule has 2 heteroatoms. The largest absolute Gasteiger partial charge is 0.159 e. The van der Waals surface area contributed by atoms with Crippen molar-refractivity contribution in [2.75, 3.05) is 6.54 Å². The molecular formula is C8H20FN. The number of unbranched alkanes of at least 4 members (excludes halogenated alkanes) is 1. The molecule has 0 aromatic rings. The zero-order chi connectivity index (χ0) is 8.41. The lowest BCUT2D eigenvalue weighted by molar-refractivity contribution is 0.331. The predicted octanol–water partition coefficient (Wildman–Crippen LogP) is 2.92. The van der Waals surface area contributed by atoms with Gasteiger partial charge in [-0.15, -0.1) is 4.48 Å². The fourth-order valence-corrected chi connectivity index (χ4v) is 0.244. The van der Waals surface area contributed by atoms with Crippen LogP contribution in [0.15, 0.2) is 0 Å². The summed E-state index contributed by atoms with van der Waals surface area (Å²) in [5, 5.41) is 0. The summed E-state index contributed by atoms with van der Waals surface area (Å²) < 4.78 is 10.9. The molecule has 64 valence electrons. The Morgan fingerprint density at radius 3 is 1.80 bits per heavy atom. The molecule has 0 aliphatic carbocycles. The Morgan fingerprint density at radius 1 is 1.30 bits per heavy atom. The number of hydrogen-bond acceptors (Lipinski definition) is 1. The second-order valence-corrected chi connectivity index (χ2v) is 2.97. The SMILES string of the molecule is CC(C)C.CCCCNF. The minimum Gasteiger partial charge on any atom is -0.159 e. The second kappa shape index (κ2) is 11.7. The second-order valence-electron chi connectivity index (χ2n) is 2.97. The van der Waals surface area contributed by atoms with E-state index in [0.29, 0.717) is 6.54 Å². The minimum absolute atomic E-state index is 0.497. The van der Waals surface area contributed by atoms with Crippen molar-refractivity contribution in [3.8, 4) is 0 Å². The predicted molar refractivity (Wildman–Crippen MR) is 44.5 cm³/mol. The van der Waals surface area contributed by atoms with Crippen LogP contribution in [0.2, 0.25) is 0 Å². The molecule has 0 heterocycles. The topological polar surface area (TPSA) is 12.0 Å². The molecule has 1 N–H and O–H groups in total. The summed E-state index contributed by atoms with van der Waals surface area (Å²) in [5.41, 5.74) is 1.57. The number of halogens is 1. The highest BCUT2D eigenvalue weighted by Crippen LogP contribution is 1.81. The minimum atomic E-state index is 0.497. The maximum absolute atomic E-state index is 10.9. The molecular weight excluding hydrogens is 129 g/mol. The van der Waals surface area contributed by atoms with Crippen LogP contribution >= 0.6 is 0 Å². The molecule has 0 bridgehead atoms. The molecule has 0 atom stereocenters. The van der Waals surface area contributed by atoms with Gasteiger partial charge in [-0.3, -0.25) is 0 Å². The summed E-state index contributed by atoms with van der Waals surface area (Å²) in [6.45, 7) is 9.02. The molecule has 10 heavy (non-hydrogen) atoms. The van der Waals surface area contributed by atoms with E-state index in [9.17, 15) is 4.48 Å². The summed E-state index contributed by atoms with van der Waals surface area (Å²) in [5.74, 6) is 0.833. The maximum Gasteiger partial charge on any atom is 0.0259 e. The first-order chi connectivity index (χ1) is 4.65. The van der Waals surface area contributed by atoms with Crippen molar-refractivity contribution in [1.29, 1.82) is 0 Å². The van der Waals surface area contributed by atoms with E-state index >= 15 is 0 Å². The molecule has 0 amide bonds. The molecule has 0 aliphatic heterocycles. The van der Waals surface area contributed by atoms with E-state index in [0.717, 1.165) is 18.8 Å². The number of hydrogen-bond donors (Lipinski definition) is 1. The van der Waals surface area contributed by atoms with Crippen LogP contribution in [-0.2, 0) is 0 Å². The zero-order valence-electron chi connectivity index (χ0n) is 7.58. The van der Waals surface area contributed by atoms with Crippen molar-refractivity contribution < 1.29 is 4.48 Å². The van der Waals surface area contributed by atoms with Gasteiger partial charge in [0.1, 0.15) is 0 Å². The third-order valence-electron chi connectivity index (χ3n) is 0.625. The smallest absolute Gasteiger partial charge is 0.0259 e. The van der Waals surface area contributed by atoms with Crippen LogP contribution in [0, 0.1) is 5.92 Å². The van der Waals surface area contributed by atoms with Crippen LogP contribution < -0.4 is 5.54 Å². The highest BCUT2D eigenvalue weighted by atomic mass is 19.2. The van der Waals surface area contributed by atoms with Gasteiger partial charge >= 0.3 is 0 Å². The lowest BCUT2D eigenvalue weighted by Gasteiger charge is -1.86. The van der Waals surface area contributed by atoms with Crippen molar-refractivity contribution in [2.24, 2.45) is 5.92 Å². The summed E-state index contributed by atoms with van der Waals surface area (Å²) in [4.78, 5) is 0. The van der Waals surface area contributed by atoms with Gasteiger partial charge in [-0.25, -0.2) is 0 Å². The summed E-state index contributed by atoms with van der Waals surface area (Å²) in [7, 11) is 0. The van der Waals surface area contributed by atoms with Gasteiger partial charge in [-0.1, -0.05) is 34.1 Å². The van der Waals surface area contributed by atoms with Gasteiger partial charge < -0.3 is 0 Å².